The monoisotopic (exact) mass is 344 g/mol. The number of benzene rings is 1. The first-order valence-corrected chi connectivity index (χ1v) is 7.56. The fraction of sp³-hybridized carbons (Fsp3) is 0.500. The SMILES string of the molecule is CCC(C)N(CCOC)c1ccc(C(N)=S)cc1Br. The summed E-state index contributed by atoms with van der Waals surface area (Å²) >= 11 is 8.61. The van der Waals surface area contributed by atoms with Gasteiger partial charge < -0.3 is 15.4 Å². The van der Waals surface area contributed by atoms with Gasteiger partial charge in [-0.3, -0.25) is 0 Å². The third-order valence-corrected chi connectivity index (χ3v) is 4.07. The van der Waals surface area contributed by atoms with Gasteiger partial charge in [-0.2, -0.15) is 0 Å². The molecule has 0 spiro atoms. The highest BCUT2D eigenvalue weighted by Gasteiger charge is 2.16. The minimum Gasteiger partial charge on any atom is -0.389 e. The lowest BCUT2D eigenvalue weighted by molar-refractivity contribution is 0.203. The van der Waals surface area contributed by atoms with Gasteiger partial charge in [0.15, 0.2) is 0 Å². The van der Waals surface area contributed by atoms with Gasteiger partial charge in [-0.1, -0.05) is 19.1 Å². The van der Waals surface area contributed by atoms with Gasteiger partial charge >= 0.3 is 0 Å². The zero-order valence-electron chi connectivity index (χ0n) is 11.6. The molecule has 19 heavy (non-hydrogen) atoms. The smallest absolute Gasteiger partial charge is 0.104 e. The van der Waals surface area contributed by atoms with Crippen LogP contribution in [-0.4, -0.2) is 31.3 Å². The van der Waals surface area contributed by atoms with Crippen LogP contribution in [0.3, 0.4) is 0 Å². The molecule has 1 aromatic carbocycles. The minimum atomic E-state index is 0.416. The van der Waals surface area contributed by atoms with Crippen molar-refractivity contribution >= 4 is 38.8 Å². The molecule has 0 saturated carbocycles. The lowest BCUT2D eigenvalue weighted by atomic mass is 10.1. The average Bonchev–Trinajstić information content (AvgIpc) is 2.39. The van der Waals surface area contributed by atoms with Crippen molar-refractivity contribution < 1.29 is 4.74 Å². The highest BCUT2D eigenvalue weighted by atomic mass is 79.9. The zero-order valence-corrected chi connectivity index (χ0v) is 14.1. The number of methoxy groups -OCH3 is 1. The van der Waals surface area contributed by atoms with Crippen molar-refractivity contribution in [3.05, 3.63) is 28.2 Å². The topological polar surface area (TPSA) is 38.5 Å². The quantitative estimate of drug-likeness (QED) is 0.770. The molecular formula is C14H21BrN2OS. The van der Waals surface area contributed by atoms with Crippen LogP contribution in [0.1, 0.15) is 25.8 Å². The van der Waals surface area contributed by atoms with Gasteiger partial charge in [0.05, 0.1) is 12.3 Å². The number of halogens is 1. The van der Waals surface area contributed by atoms with Gasteiger partial charge in [0, 0.05) is 29.7 Å². The Kier molecular flexibility index (Phi) is 6.75. The summed E-state index contributed by atoms with van der Waals surface area (Å²) in [5.74, 6) is 0. The van der Waals surface area contributed by atoms with Crippen LogP contribution >= 0.6 is 28.1 Å². The molecule has 0 bridgehead atoms. The summed E-state index contributed by atoms with van der Waals surface area (Å²) in [5.41, 5.74) is 7.67. The van der Waals surface area contributed by atoms with Crippen molar-refractivity contribution in [2.45, 2.75) is 26.3 Å². The molecule has 3 nitrogen and oxygen atoms in total. The Morgan fingerprint density at radius 2 is 2.21 bits per heavy atom. The first-order chi connectivity index (χ1) is 9.01. The normalized spacial score (nSPS) is 12.2. The van der Waals surface area contributed by atoms with Crippen LogP contribution in [0.25, 0.3) is 0 Å². The van der Waals surface area contributed by atoms with Crippen LogP contribution < -0.4 is 10.6 Å². The predicted molar refractivity (Wildman–Crippen MR) is 89.0 cm³/mol. The number of hydrogen-bond donors (Lipinski definition) is 1. The molecule has 0 aliphatic heterocycles. The van der Waals surface area contributed by atoms with Crippen molar-refractivity contribution in [1.29, 1.82) is 0 Å². The van der Waals surface area contributed by atoms with Gasteiger partial charge in [-0.05, 0) is 47.5 Å². The highest BCUT2D eigenvalue weighted by Crippen LogP contribution is 2.29. The number of anilines is 1. The van der Waals surface area contributed by atoms with Crippen LogP contribution in [0.2, 0.25) is 0 Å². The molecule has 0 aliphatic rings. The molecule has 1 unspecified atom stereocenters. The molecule has 0 aliphatic carbocycles. The summed E-state index contributed by atoms with van der Waals surface area (Å²) in [5, 5.41) is 0. The van der Waals surface area contributed by atoms with E-state index < -0.39 is 0 Å². The van der Waals surface area contributed by atoms with Gasteiger partial charge in [-0.15, -0.1) is 0 Å². The van der Waals surface area contributed by atoms with Crippen molar-refractivity contribution in [2.75, 3.05) is 25.2 Å². The van der Waals surface area contributed by atoms with Crippen LogP contribution in [0.15, 0.2) is 22.7 Å². The Hall–Kier alpha value is -0.650. The van der Waals surface area contributed by atoms with Gasteiger partial charge in [-0.25, -0.2) is 0 Å². The average molecular weight is 345 g/mol. The van der Waals surface area contributed by atoms with Crippen molar-refractivity contribution in [3.8, 4) is 0 Å². The second-order valence-electron chi connectivity index (χ2n) is 4.47. The fourth-order valence-electron chi connectivity index (χ4n) is 1.88. The Morgan fingerprint density at radius 1 is 1.53 bits per heavy atom. The van der Waals surface area contributed by atoms with Gasteiger partial charge in [0.25, 0.3) is 0 Å². The Morgan fingerprint density at radius 3 is 2.68 bits per heavy atom. The minimum absolute atomic E-state index is 0.416. The number of nitrogens with two attached hydrogens (primary N) is 1. The van der Waals surface area contributed by atoms with E-state index in [4.69, 9.17) is 22.7 Å². The molecule has 1 atom stereocenters. The molecule has 0 amide bonds. The third-order valence-electron chi connectivity index (χ3n) is 3.20. The van der Waals surface area contributed by atoms with E-state index in [1.165, 1.54) is 0 Å². The first kappa shape index (κ1) is 16.4. The fourth-order valence-corrected chi connectivity index (χ4v) is 2.61. The van der Waals surface area contributed by atoms with Gasteiger partial charge in [0.1, 0.15) is 4.99 Å². The molecule has 0 heterocycles. The van der Waals surface area contributed by atoms with E-state index in [0.29, 0.717) is 17.6 Å². The molecule has 1 aromatic rings. The largest absolute Gasteiger partial charge is 0.389 e. The summed E-state index contributed by atoms with van der Waals surface area (Å²) in [6.45, 7) is 5.95. The van der Waals surface area contributed by atoms with E-state index in [1.807, 2.05) is 12.1 Å². The van der Waals surface area contributed by atoms with Crippen molar-refractivity contribution in [1.82, 2.24) is 0 Å². The number of hydrogen-bond acceptors (Lipinski definition) is 3. The standard InChI is InChI=1S/C14H21BrN2OS/c1-4-10(2)17(7-8-18-3)13-6-5-11(14(16)19)9-12(13)15/h5-6,9-10H,4,7-8H2,1-3H3,(H2,16,19). The molecule has 0 saturated heterocycles. The molecule has 106 valence electrons. The molecule has 0 radical (unpaired) electrons. The van der Waals surface area contributed by atoms with E-state index in [2.05, 4.69) is 40.7 Å². The number of ether oxygens (including phenoxy) is 1. The van der Waals surface area contributed by atoms with E-state index in [9.17, 15) is 0 Å². The van der Waals surface area contributed by atoms with Gasteiger partial charge in [0.2, 0.25) is 0 Å². The molecule has 1 rings (SSSR count). The molecular weight excluding hydrogens is 324 g/mol. The zero-order chi connectivity index (χ0) is 14.4. The predicted octanol–water partition coefficient (Wildman–Crippen LogP) is 3.33. The third kappa shape index (κ3) is 4.44. The molecule has 2 N–H and O–H groups in total. The second-order valence-corrected chi connectivity index (χ2v) is 5.77. The van der Waals surface area contributed by atoms with Crippen LogP contribution in [0.4, 0.5) is 5.69 Å². The lowest BCUT2D eigenvalue weighted by Gasteiger charge is -2.31. The molecule has 0 fully saturated rings. The highest BCUT2D eigenvalue weighted by molar-refractivity contribution is 9.10. The Balaban J connectivity index is 3.04. The van der Waals surface area contributed by atoms with Crippen molar-refractivity contribution in [3.63, 3.8) is 0 Å². The maximum absolute atomic E-state index is 5.65. The van der Waals surface area contributed by atoms with E-state index >= 15 is 0 Å². The van der Waals surface area contributed by atoms with Crippen LogP contribution in [0, 0.1) is 0 Å². The molecule has 0 aromatic heterocycles. The van der Waals surface area contributed by atoms with Crippen LogP contribution in [0.5, 0.6) is 0 Å². The summed E-state index contributed by atoms with van der Waals surface area (Å²) in [6.07, 6.45) is 1.08. The summed E-state index contributed by atoms with van der Waals surface area (Å²) in [7, 11) is 1.72. The molecule has 5 heteroatoms. The van der Waals surface area contributed by atoms with E-state index in [1.54, 1.807) is 7.11 Å². The Labute approximate surface area is 129 Å². The summed E-state index contributed by atoms with van der Waals surface area (Å²) in [4.78, 5) is 2.75. The van der Waals surface area contributed by atoms with E-state index in [-0.39, 0.29) is 0 Å². The van der Waals surface area contributed by atoms with Crippen molar-refractivity contribution in [2.24, 2.45) is 5.73 Å². The maximum atomic E-state index is 5.65. The second kappa shape index (κ2) is 7.82. The van der Waals surface area contributed by atoms with E-state index in [0.717, 1.165) is 28.7 Å². The number of rotatable bonds is 7. The number of nitrogens with zero attached hydrogens (tertiary/aromatic N) is 1. The first-order valence-electron chi connectivity index (χ1n) is 6.36. The Bertz CT molecular complexity index is 439. The van der Waals surface area contributed by atoms with Crippen LogP contribution in [-0.2, 0) is 4.74 Å². The number of thiocarbonyl (C=S) groups is 1. The summed E-state index contributed by atoms with van der Waals surface area (Å²) in [6, 6.07) is 6.44. The lowest BCUT2D eigenvalue weighted by Crippen LogP contribution is -2.35. The summed E-state index contributed by atoms with van der Waals surface area (Å²) < 4.78 is 6.20. The maximum Gasteiger partial charge on any atom is 0.104 e.